The molecule has 1 N–H and O–H groups in total. The minimum atomic E-state index is -0.291. The molecule has 3 nitrogen and oxygen atoms in total. The number of carbonyl (C=O) groups is 1. The lowest BCUT2D eigenvalue weighted by atomic mass is 10.1. The Morgan fingerprint density at radius 1 is 1.50 bits per heavy atom. The first-order chi connectivity index (χ1) is 7.66. The van der Waals surface area contributed by atoms with Crippen LogP contribution in [0.2, 0.25) is 0 Å². The Balaban J connectivity index is 2.14. The smallest absolute Gasteiger partial charge is 0.247 e. The Morgan fingerprint density at radius 2 is 2.31 bits per heavy atom. The number of nitrogens with zero attached hydrogens (tertiary/aromatic N) is 1. The normalized spacial score (nSPS) is 22.8. The van der Waals surface area contributed by atoms with Crippen LogP contribution in [0.5, 0.6) is 0 Å². The van der Waals surface area contributed by atoms with E-state index >= 15 is 0 Å². The number of nitrogens with one attached hydrogen (secondary N) is 1. The van der Waals surface area contributed by atoms with Crippen LogP contribution in [-0.2, 0) is 4.79 Å². The maximum atomic E-state index is 13.5. The third-order valence-electron chi connectivity index (χ3n) is 3.16. The molecule has 2 aliphatic rings. The van der Waals surface area contributed by atoms with Crippen molar-refractivity contribution < 1.29 is 9.18 Å². The van der Waals surface area contributed by atoms with Crippen LogP contribution in [0.3, 0.4) is 0 Å². The van der Waals surface area contributed by atoms with Gasteiger partial charge >= 0.3 is 0 Å². The zero-order chi connectivity index (χ0) is 11.3. The number of halogens is 2. The van der Waals surface area contributed by atoms with E-state index in [2.05, 4.69) is 21.2 Å². The fraction of sp³-hybridized carbons (Fsp3) is 0.364. The van der Waals surface area contributed by atoms with Crippen molar-refractivity contribution in [2.45, 2.75) is 18.9 Å². The molecule has 1 fully saturated rings. The SMILES string of the molecule is O=C1Nc2cc(Br)c(F)cc2N2CCCC12. The van der Waals surface area contributed by atoms with Crippen molar-refractivity contribution in [1.82, 2.24) is 0 Å². The molecule has 84 valence electrons. The van der Waals surface area contributed by atoms with E-state index in [1.165, 1.54) is 6.07 Å². The zero-order valence-electron chi connectivity index (χ0n) is 8.46. The Morgan fingerprint density at radius 3 is 3.12 bits per heavy atom. The number of carbonyl (C=O) groups excluding carboxylic acids is 1. The van der Waals surface area contributed by atoms with Crippen molar-refractivity contribution in [1.29, 1.82) is 0 Å². The van der Waals surface area contributed by atoms with Crippen LogP contribution < -0.4 is 10.2 Å². The average Bonchev–Trinajstić information content (AvgIpc) is 2.71. The van der Waals surface area contributed by atoms with Crippen molar-refractivity contribution in [2.75, 3.05) is 16.8 Å². The van der Waals surface area contributed by atoms with E-state index in [4.69, 9.17) is 0 Å². The summed E-state index contributed by atoms with van der Waals surface area (Å²) in [6, 6.07) is 2.99. The number of benzene rings is 1. The lowest BCUT2D eigenvalue weighted by Crippen LogP contribution is -2.43. The average molecular weight is 285 g/mol. The number of rotatable bonds is 0. The molecule has 0 radical (unpaired) electrons. The summed E-state index contributed by atoms with van der Waals surface area (Å²) in [6.07, 6.45) is 1.83. The molecule has 0 aromatic heterocycles. The highest BCUT2D eigenvalue weighted by molar-refractivity contribution is 9.10. The molecular weight excluding hydrogens is 275 g/mol. The van der Waals surface area contributed by atoms with Crippen LogP contribution >= 0.6 is 15.9 Å². The lowest BCUT2D eigenvalue weighted by Gasteiger charge is -2.33. The lowest BCUT2D eigenvalue weighted by molar-refractivity contribution is -0.117. The molecule has 0 aliphatic carbocycles. The van der Waals surface area contributed by atoms with Gasteiger partial charge in [-0.1, -0.05) is 0 Å². The van der Waals surface area contributed by atoms with E-state index in [0.717, 1.165) is 25.1 Å². The largest absolute Gasteiger partial charge is 0.358 e. The van der Waals surface area contributed by atoms with E-state index < -0.39 is 0 Å². The van der Waals surface area contributed by atoms with Crippen LogP contribution in [0.1, 0.15) is 12.8 Å². The van der Waals surface area contributed by atoms with Crippen molar-refractivity contribution in [3.8, 4) is 0 Å². The second-order valence-electron chi connectivity index (χ2n) is 4.12. The van der Waals surface area contributed by atoms with Gasteiger partial charge in [0.25, 0.3) is 0 Å². The summed E-state index contributed by atoms with van der Waals surface area (Å²) in [5, 5.41) is 2.82. The van der Waals surface area contributed by atoms with Crippen LogP contribution in [0, 0.1) is 5.82 Å². The first-order valence-corrected chi connectivity index (χ1v) is 6.02. The molecule has 0 bridgehead atoms. The summed E-state index contributed by atoms with van der Waals surface area (Å²) in [4.78, 5) is 13.8. The molecule has 16 heavy (non-hydrogen) atoms. The van der Waals surface area contributed by atoms with Gasteiger partial charge in [-0.05, 0) is 34.8 Å². The number of hydrogen-bond acceptors (Lipinski definition) is 2. The molecule has 0 spiro atoms. The minimum Gasteiger partial charge on any atom is -0.358 e. The number of fused-ring (bicyclic) bond motifs is 3. The monoisotopic (exact) mass is 284 g/mol. The van der Waals surface area contributed by atoms with E-state index in [1.807, 2.05) is 4.90 Å². The summed E-state index contributed by atoms with van der Waals surface area (Å²) in [7, 11) is 0. The molecule has 1 amide bonds. The second-order valence-corrected chi connectivity index (χ2v) is 4.98. The predicted molar refractivity (Wildman–Crippen MR) is 63.1 cm³/mol. The molecule has 0 saturated carbocycles. The standard InChI is InChI=1S/C11H10BrFN2O/c12-6-4-8-10(5-7(6)13)15-3-1-2-9(15)11(16)14-8/h4-5,9H,1-3H2,(H,14,16). The molecule has 2 aliphatic heterocycles. The van der Waals surface area contributed by atoms with Crippen molar-refractivity contribution in [3.05, 3.63) is 22.4 Å². The summed E-state index contributed by atoms with van der Waals surface area (Å²) in [6.45, 7) is 0.826. The van der Waals surface area contributed by atoms with Gasteiger partial charge in [-0.2, -0.15) is 0 Å². The van der Waals surface area contributed by atoms with Crippen molar-refractivity contribution >= 4 is 33.2 Å². The van der Waals surface area contributed by atoms with Gasteiger partial charge in [0.2, 0.25) is 5.91 Å². The summed E-state index contributed by atoms with van der Waals surface area (Å²) in [5.74, 6) is -0.274. The zero-order valence-corrected chi connectivity index (χ0v) is 10.1. The highest BCUT2D eigenvalue weighted by atomic mass is 79.9. The van der Waals surface area contributed by atoms with Crippen LogP contribution in [0.15, 0.2) is 16.6 Å². The molecule has 1 unspecified atom stereocenters. The predicted octanol–water partition coefficient (Wildman–Crippen LogP) is 2.51. The van der Waals surface area contributed by atoms with Crippen molar-refractivity contribution in [2.24, 2.45) is 0 Å². The van der Waals surface area contributed by atoms with Crippen LogP contribution in [0.4, 0.5) is 15.8 Å². The first kappa shape index (κ1) is 10.1. The molecule has 1 aromatic rings. The maximum Gasteiger partial charge on any atom is 0.247 e. The summed E-state index contributed by atoms with van der Waals surface area (Å²) >= 11 is 3.12. The van der Waals surface area contributed by atoms with Gasteiger partial charge in [-0.3, -0.25) is 4.79 Å². The van der Waals surface area contributed by atoms with Crippen molar-refractivity contribution in [3.63, 3.8) is 0 Å². The topological polar surface area (TPSA) is 32.3 Å². The highest BCUT2D eigenvalue weighted by Gasteiger charge is 2.36. The summed E-state index contributed by atoms with van der Waals surface area (Å²) < 4.78 is 13.9. The number of anilines is 2. The first-order valence-electron chi connectivity index (χ1n) is 5.23. The number of amides is 1. The van der Waals surface area contributed by atoms with E-state index in [0.29, 0.717) is 10.2 Å². The Kier molecular flexibility index (Phi) is 2.17. The van der Waals surface area contributed by atoms with Gasteiger partial charge in [0.05, 0.1) is 15.8 Å². The molecule has 2 heterocycles. The summed E-state index contributed by atoms with van der Waals surface area (Å²) in [5.41, 5.74) is 1.49. The molecule has 1 saturated heterocycles. The fourth-order valence-corrected chi connectivity index (χ4v) is 2.76. The van der Waals surface area contributed by atoms with Gasteiger partial charge in [-0.25, -0.2) is 4.39 Å². The molecule has 3 rings (SSSR count). The maximum absolute atomic E-state index is 13.5. The number of hydrogen-bond donors (Lipinski definition) is 1. The van der Waals surface area contributed by atoms with E-state index in [9.17, 15) is 9.18 Å². The van der Waals surface area contributed by atoms with Gasteiger partial charge < -0.3 is 10.2 Å². The minimum absolute atomic E-state index is 0.0171. The van der Waals surface area contributed by atoms with Gasteiger partial charge in [0.15, 0.2) is 0 Å². The molecular formula is C11H10BrFN2O. The van der Waals surface area contributed by atoms with Gasteiger partial charge in [0, 0.05) is 12.6 Å². The quantitative estimate of drug-likeness (QED) is 0.794. The molecule has 1 atom stereocenters. The molecule has 5 heteroatoms. The molecule has 1 aromatic carbocycles. The van der Waals surface area contributed by atoms with E-state index in [-0.39, 0.29) is 17.8 Å². The Bertz CT molecular complexity index is 477. The fourth-order valence-electron chi connectivity index (χ4n) is 2.42. The van der Waals surface area contributed by atoms with Gasteiger partial charge in [0.1, 0.15) is 11.9 Å². The third kappa shape index (κ3) is 1.34. The van der Waals surface area contributed by atoms with E-state index in [1.54, 1.807) is 6.07 Å². The third-order valence-corrected chi connectivity index (χ3v) is 3.77. The van der Waals surface area contributed by atoms with Crippen LogP contribution in [0.25, 0.3) is 0 Å². The van der Waals surface area contributed by atoms with Crippen LogP contribution in [-0.4, -0.2) is 18.5 Å². The second kappa shape index (κ2) is 3.45. The Hall–Kier alpha value is -1.10. The Labute approximate surface area is 101 Å². The van der Waals surface area contributed by atoms with Gasteiger partial charge in [-0.15, -0.1) is 0 Å². The highest BCUT2D eigenvalue weighted by Crippen LogP contribution is 2.39.